The summed E-state index contributed by atoms with van der Waals surface area (Å²) < 4.78 is 0. The summed E-state index contributed by atoms with van der Waals surface area (Å²) in [7, 11) is 0. The summed E-state index contributed by atoms with van der Waals surface area (Å²) >= 11 is 0. The Morgan fingerprint density at radius 2 is 1.84 bits per heavy atom. The zero-order chi connectivity index (χ0) is 13.7. The molecule has 0 heterocycles. The Morgan fingerprint density at radius 1 is 1.16 bits per heavy atom. The van der Waals surface area contributed by atoms with Crippen LogP contribution in [-0.2, 0) is 4.79 Å². The number of hydrogen-bond donors (Lipinski definition) is 2. The molecule has 2 rings (SSSR count). The Kier molecular flexibility index (Phi) is 5.68. The van der Waals surface area contributed by atoms with E-state index in [4.69, 9.17) is 5.73 Å². The average molecular weight is 266 g/mol. The SMILES string of the molecule is CCCCC1CCC(C(=O)NCC2CC(N)C2)CC1. The molecular weight excluding hydrogens is 236 g/mol. The lowest BCUT2D eigenvalue weighted by Gasteiger charge is -2.33. The molecule has 3 nitrogen and oxygen atoms in total. The van der Waals surface area contributed by atoms with Crippen molar-refractivity contribution < 1.29 is 4.79 Å². The second-order valence-corrected chi connectivity index (χ2v) is 6.70. The Bertz CT molecular complexity index is 278. The standard InChI is InChI=1S/C16H30N2O/c1-2-3-4-12-5-7-14(8-6-12)16(19)18-11-13-9-15(17)10-13/h12-15H,2-11,17H2,1H3,(H,18,19). The van der Waals surface area contributed by atoms with Gasteiger partial charge in [-0.1, -0.05) is 26.2 Å². The van der Waals surface area contributed by atoms with Crippen LogP contribution in [0.1, 0.15) is 64.7 Å². The summed E-state index contributed by atoms with van der Waals surface area (Å²) in [6.45, 7) is 3.10. The fraction of sp³-hybridized carbons (Fsp3) is 0.938. The minimum atomic E-state index is 0.284. The fourth-order valence-corrected chi connectivity index (χ4v) is 3.55. The number of rotatable bonds is 6. The van der Waals surface area contributed by atoms with E-state index in [1.807, 2.05) is 0 Å². The molecule has 3 heteroatoms. The van der Waals surface area contributed by atoms with Crippen molar-refractivity contribution in [3.05, 3.63) is 0 Å². The molecule has 2 aliphatic rings. The van der Waals surface area contributed by atoms with E-state index in [1.165, 1.54) is 32.1 Å². The first kappa shape index (κ1) is 14.8. The maximum absolute atomic E-state index is 12.1. The van der Waals surface area contributed by atoms with Crippen molar-refractivity contribution >= 4 is 5.91 Å². The van der Waals surface area contributed by atoms with Crippen LogP contribution in [0.2, 0.25) is 0 Å². The zero-order valence-corrected chi connectivity index (χ0v) is 12.4. The van der Waals surface area contributed by atoms with Crippen molar-refractivity contribution in [2.24, 2.45) is 23.5 Å². The molecular formula is C16H30N2O. The maximum atomic E-state index is 12.1. The van der Waals surface area contributed by atoms with Crippen molar-refractivity contribution in [2.45, 2.75) is 70.8 Å². The Morgan fingerprint density at radius 3 is 2.42 bits per heavy atom. The van der Waals surface area contributed by atoms with E-state index in [-0.39, 0.29) is 5.92 Å². The van der Waals surface area contributed by atoms with Gasteiger partial charge in [-0.05, 0) is 50.4 Å². The van der Waals surface area contributed by atoms with Gasteiger partial charge in [0.1, 0.15) is 0 Å². The lowest BCUT2D eigenvalue weighted by Crippen LogP contribution is -2.44. The van der Waals surface area contributed by atoms with E-state index in [0.29, 0.717) is 17.9 Å². The van der Waals surface area contributed by atoms with Crippen molar-refractivity contribution in [3.63, 3.8) is 0 Å². The number of nitrogens with two attached hydrogens (primary N) is 1. The number of unbranched alkanes of at least 4 members (excludes halogenated alkanes) is 1. The molecule has 0 saturated heterocycles. The molecule has 0 aromatic rings. The van der Waals surface area contributed by atoms with E-state index in [2.05, 4.69) is 12.2 Å². The second kappa shape index (κ2) is 7.28. The van der Waals surface area contributed by atoms with E-state index >= 15 is 0 Å². The van der Waals surface area contributed by atoms with Crippen LogP contribution >= 0.6 is 0 Å². The zero-order valence-electron chi connectivity index (χ0n) is 12.4. The molecule has 0 radical (unpaired) electrons. The largest absolute Gasteiger partial charge is 0.356 e. The highest BCUT2D eigenvalue weighted by molar-refractivity contribution is 5.78. The van der Waals surface area contributed by atoms with Gasteiger partial charge < -0.3 is 11.1 Å². The van der Waals surface area contributed by atoms with Crippen LogP contribution in [0.3, 0.4) is 0 Å². The second-order valence-electron chi connectivity index (χ2n) is 6.70. The first-order valence-electron chi connectivity index (χ1n) is 8.22. The van der Waals surface area contributed by atoms with Gasteiger partial charge in [0.15, 0.2) is 0 Å². The van der Waals surface area contributed by atoms with Gasteiger partial charge in [0.2, 0.25) is 5.91 Å². The summed E-state index contributed by atoms with van der Waals surface area (Å²) in [4.78, 5) is 12.1. The molecule has 2 aliphatic carbocycles. The van der Waals surface area contributed by atoms with Gasteiger partial charge >= 0.3 is 0 Å². The maximum Gasteiger partial charge on any atom is 0.223 e. The number of carbonyl (C=O) groups excluding carboxylic acids is 1. The van der Waals surface area contributed by atoms with E-state index < -0.39 is 0 Å². The number of nitrogens with one attached hydrogen (secondary N) is 1. The molecule has 0 spiro atoms. The Labute approximate surface area is 117 Å². The van der Waals surface area contributed by atoms with Gasteiger partial charge in [-0.2, -0.15) is 0 Å². The highest BCUT2D eigenvalue weighted by atomic mass is 16.1. The molecule has 0 aliphatic heterocycles. The number of hydrogen-bond acceptors (Lipinski definition) is 2. The summed E-state index contributed by atoms with van der Waals surface area (Å²) in [5.74, 6) is 2.11. The van der Waals surface area contributed by atoms with Crippen LogP contribution in [0, 0.1) is 17.8 Å². The van der Waals surface area contributed by atoms with Crippen LogP contribution in [0.5, 0.6) is 0 Å². The summed E-state index contributed by atoms with van der Waals surface area (Å²) in [5.41, 5.74) is 5.76. The molecule has 0 atom stereocenters. The minimum Gasteiger partial charge on any atom is -0.356 e. The Hall–Kier alpha value is -0.570. The molecule has 0 unspecified atom stereocenters. The highest BCUT2D eigenvalue weighted by Crippen LogP contribution is 2.32. The first-order chi connectivity index (χ1) is 9.19. The third-order valence-electron chi connectivity index (χ3n) is 5.02. The third-order valence-corrected chi connectivity index (χ3v) is 5.02. The molecule has 110 valence electrons. The average Bonchev–Trinajstić information content (AvgIpc) is 2.40. The molecule has 2 saturated carbocycles. The molecule has 0 aromatic heterocycles. The molecule has 0 bridgehead atoms. The summed E-state index contributed by atoms with van der Waals surface area (Å²) in [6.07, 6.45) is 10.9. The topological polar surface area (TPSA) is 55.1 Å². The van der Waals surface area contributed by atoms with Crippen molar-refractivity contribution in [1.82, 2.24) is 5.32 Å². The van der Waals surface area contributed by atoms with Crippen molar-refractivity contribution in [3.8, 4) is 0 Å². The quantitative estimate of drug-likeness (QED) is 0.776. The first-order valence-corrected chi connectivity index (χ1v) is 8.22. The van der Waals surface area contributed by atoms with Gasteiger partial charge in [-0.3, -0.25) is 4.79 Å². The van der Waals surface area contributed by atoms with Crippen molar-refractivity contribution in [1.29, 1.82) is 0 Å². The van der Waals surface area contributed by atoms with Crippen LogP contribution in [0.25, 0.3) is 0 Å². The normalized spacial score (nSPS) is 34.6. The smallest absolute Gasteiger partial charge is 0.223 e. The van der Waals surface area contributed by atoms with E-state index in [1.54, 1.807) is 0 Å². The molecule has 0 aromatic carbocycles. The minimum absolute atomic E-state index is 0.284. The van der Waals surface area contributed by atoms with E-state index in [0.717, 1.165) is 38.1 Å². The highest BCUT2D eigenvalue weighted by Gasteiger charge is 2.29. The van der Waals surface area contributed by atoms with Crippen LogP contribution < -0.4 is 11.1 Å². The van der Waals surface area contributed by atoms with Gasteiger partial charge in [0.05, 0.1) is 0 Å². The predicted octanol–water partition coefficient (Wildman–Crippen LogP) is 2.84. The van der Waals surface area contributed by atoms with Gasteiger partial charge in [-0.15, -0.1) is 0 Å². The molecule has 1 amide bonds. The predicted molar refractivity (Wildman–Crippen MR) is 78.7 cm³/mol. The van der Waals surface area contributed by atoms with Crippen LogP contribution in [-0.4, -0.2) is 18.5 Å². The summed E-state index contributed by atoms with van der Waals surface area (Å²) in [6, 6.07) is 0.385. The molecule has 3 N–H and O–H groups in total. The van der Waals surface area contributed by atoms with Crippen molar-refractivity contribution in [2.75, 3.05) is 6.54 Å². The fourth-order valence-electron chi connectivity index (χ4n) is 3.55. The van der Waals surface area contributed by atoms with Crippen LogP contribution in [0.15, 0.2) is 0 Å². The third kappa shape index (κ3) is 4.48. The lowest BCUT2D eigenvalue weighted by atomic mass is 9.78. The van der Waals surface area contributed by atoms with Gasteiger partial charge in [-0.25, -0.2) is 0 Å². The number of carbonyl (C=O) groups is 1. The monoisotopic (exact) mass is 266 g/mol. The Balaban J connectivity index is 1.59. The van der Waals surface area contributed by atoms with Gasteiger partial charge in [0.25, 0.3) is 0 Å². The molecule has 2 fully saturated rings. The van der Waals surface area contributed by atoms with E-state index in [9.17, 15) is 4.79 Å². The summed E-state index contributed by atoms with van der Waals surface area (Å²) in [5, 5.41) is 3.14. The molecule has 19 heavy (non-hydrogen) atoms. The van der Waals surface area contributed by atoms with Crippen LogP contribution in [0.4, 0.5) is 0 Å². The van der Waals surface area contributed by atoms with Gasteiger partial charge in [0, 0.05) is 18.5 Å². The number of amides is 1. The lowest BCUT2D eigenvalue weighted by molar-refractivity contribution is -0.126.